The number of hydrogen-bond acceptors (Lipinski definition) is 5. The first-order valence-electron chi connectivity index (χ1n) is 7.35. The Morgan fingerprint density at radius 3 is 2.64 bits per heavy atom. The molecule has 3 heterocycles. The molecule has 0 radical (unpaired) electrons. The molecule has 120 valence electrons. The smallest absolute Gasteiger partial charge is 0.410 e. The summed E-state index contributed by atoms with van der Waals surface area (Å²) in [7, 11) is 0. The lowest BCUT2D eigenvalue weighted by molar-refractivity contribution is 0.0205. The molecule has 4 nitrogen and oxygen atoms in total. The normalized spacial score (nSPS) is 17.2. The van der Waals surface area contributed by atoms with Gasteiger partial charge in [0.05, 0.1) is 14.0 Å². The van der Waals surface area contributed by atoms with Gasteiger partial charge < -0.3 is 9.64 Å². The first-order valence-corrected chi connectivity index (χ1v) is 9.36. The number of halogens is 1. The molecule has 2 aromatic rings. The summed E-state index contributed by atoms with van der Waals surface area (Å²) in [6, 6.07) is 1.98. The zero-order valence-electron chi connectivity index (χ0n) is 12.9. The molecule has 1 fully saturated rings. The van der Waals surface area contributed by atoms with E-state index in [0.717, 1.165) is 35.1 Å². The van der Waals surface area contributed by atoms with E-state index >= 15 is 0 Å². The second kappa shape index (κ2) is 5.98. The zero-order chi connectivity index (χ0) is 15.9. The maximum Gasteiger partial charge on any atom is 0.410 e. The Morgan fingerprint density at radius 1 is 1.36 bits per heavy atom. The van der Waals surface area contributed by atoms with Crippen LogP contribution < -0.4 is 0 Å². The molecule has 1 aliphatic rings. The third kappa shape index (κ3) is 3.55. The van der Waals surface area contributed by atoms with Crippen molar-refractivity contribution in [1.82, 2.24) is 9.88 Å². The average molecular weight is 359 g/mol. The third-order valence-electron chi connectivity index (χ3n) is 3.57. The zero-order valence-corrected chi connectivity index (χ0v) is 15.3. The van der Waals surface area contributed by atoms with E-state index in [4.69, 9.17) is 21.3 Å². The number of amides is 1. The van der Waals surface area contributed by atoms with Crippen LogP contribution in [0.1, 0.15) is 44.5 Å². The molecule has 0 aromatic carbocycles. The van der Waals surface area contributed by atoms with E-state index in [1.165, 1.54) is 21.0 Å². The van der Waals surface area contributed by atoms with Crippen molar-refractivity contribution in [3.8, 4) is 0 Å². The van der Waals surface area contributed by atoms with Gasteiger partial charge in [-0.05, 0) is 39.7 Å². The predicted molar refractivity (Wildman–Crippen MR) is 92.3 cm³/mol. The number of nitrogens with zero attached hydrogens (tertiary/aromatic N) is 2. The summed E-state index contributed by atoms with van der Waals surface area (Å²) in [6.07, 6.45) is 1.67. The molecule has 0 unspecified atom stereocenters. The topological polar surface area (TPSA) is 42.4 Å². The van der Waals surface area contributed by atoms with Crippen molar-refractivity contribution in [3.63, 3.8) is 0 Å². The average Bonchev–Trinajstić information content (AvgIpc) is 2.94. The highest BCUT2D eigenvalue weighted by Crippen LogP contribution is 2.38. The molecule has 2 aromatic heterocycles. The fraction of sp³-hybridized carbons (Fsp3) is 0.600. The lowest BCUT2D eigenvalue weighted by Crippen LogP contribution is -2.41. The highest BCUT2D eigenvalue weighted by Gasteiger charge is 2.29. The Kier molecular flexibility index (Phi) is 4.36. The van der Waals surface area contributed by atoms with Crippen molar-refractivity contribution >= 4 is 49.9 Å². The second-order valence-electron chi connectivity index (χ2n) is 6.51. The van der Waals surface area contributed by atoms with Crippen LogP contribution in [0.3, 0.4) is 0 Å². The van der Waals surface area contributed by atoms with Gasteiger partial charge in [-0.15, -0.1) is 22.7 Å². The summed E-state index contributed by atoms with van der Waals surface area (Å²) >= 11 is 9.25. The van der Waals surface area contributed by atoms with Gasteiger partial charge in [0.1, 0.15) is 10.4 Å². The van der Waals surface area contributed by atoms with E-state index in [1.54, 1.807) is 16.2 Å². The molecule has 0 atom stereocenters. The van der Waals surface area contributed by atoms with Gasteiger partial charge in [0, 0.05) is 19.0 Å². The summed E-state index contributed by atoms with van der Waals surface area (Å²) in [5.41, 5.74) is -0.438. The van der Waals surface area contributed by atoms with Crippen LogP contribution >= 0.6 is 34.3 Å². The number of carbonyl (C=O) groups is 1. The Hall–Kier alpha value is -0.850. The number of carbonyl (C=O) groups excluding carboxylic acids is 1. The van der Waals surface area contributed by atoms with Gasteiger partial charge in [0.25, 0.3) is 0 Å². The fourth-order valence-electron chi connectivity index (χ4n) is 2.53. The summed E-state index contributed by atoms with van der Waals surface area (Å²) in [5.74, 6) is 0.432. The molecule has 0 saturated carbocycles. The highest BCUT2D eigenvalue weighted by atomic mass is 35.5. The number of fused-ring (bicyclic) bond motifs is 1. The number of thiophene rings is 1. The number of rotatable bonds is 1. The van der Waals surface area contributed by atoms with Gasteiger partial charge in [-0.3, -0.25) is 0 Å². The van der Waals surface area contributed by atoms with Crippen molar-refractivity contribution in [2.45, 2.75) is 45.1 Å². The third-order valence-corrected chi connectivity index (χ3v) is 6.02. The highest BCUT2D eigenvalue weighted by molar-refractivity contribution is 7.29. The predicted octanol–water partition coefficient (Wildman–Crippen LogP) is 5.13. The van der Waals surface area contributed by atoms with E-state index in [-0.39, 0.29) is 6.09 Å². The molecular weight excluding hydrogens is 340 g/mol. The summed E-state index contributed by atoms with van der Waals surface area (Å²) < 4.78 is 7.39. The molecule has 0 bridgehead atoms. The lowest BCUT2D eigenvalue weighted by atomic mass is 9.98. The molecule has 0 aliphatic carbocycles. The number of likely N-dealkylation sites (tertiary alicyclic amines) is 1. The van der Waals surface area contributed by atoms with Gasteiger partial charge >= 0.3 is 6.09 Å². The summed E-state index contributed by atoms with van der Waals surface area (Å²) in [4.78, 5) is 19.6. The second-order valence-corrected chi connectivity index (χ2v) is 9.24. The van der Waals surface area contributed by atoms with Crippen LogP contribution in [0.5, 0.6) is 0 Å². The maximum atomic E-state index is 12.1. The molecule has 7 heteroatoms. The van der Waals surface area contributed by atoms with Crippen LogP contribution in [0.4, 0.5) is 4.79 Å². The minimum absolute atomic E-state index is 0.210. The number of ether oxygens (including phenoxy) is 1. The van der Waals surface area contributed by atoms with E-state index in [2.05, 4.69) is 0 Å². The van der Waals surface area contributed by atoms with Crippen molar-refractivity contribution in [2.75, 3.05) is 13.1 Å². The Morgan fingerprint density at radius 2 is 2.05 bits per heavy atom. The van der Waals surface area contributed by atoms with Crippen molar-refractivity contribution in [3.05, 3.63) is 15.4 Å². The minimum Gasteiger partial charge on any atom is -0.444 e. The monoisotopic (exact) mass is 358 g/mol. The molecule has 1 amide bonds. The first kappa shape index (κ1) is 16.0. The molecule has 0 spiro atoms. The number of thiazole rings is 1. The first-order chi connectivity index (χ1) is 10.3. The van der Waals surface area contributed by atoms with E-state index in [9.17, 15) is 4.79 Å². The van der Waals surface area contributed by atoms with Crippen molar-refractivity contribution < 1.29 is 9.53 Å². The minimum atomic E-state index is -0.438. The SMILES string of the molecule is CC(C)(C)OC(=O)N1CCC(c2nc3sc(Cl)cc3s2)CC1. The summed E-state index contributed by atoms with van der Waals surface area (Å²) in [5, 5.41) is 1.17. The van der Waals surface area contributed by atoms with E-state index in [0.29, 0.717) is 5.92 Å². The van der Waals surface area contributed by atoms with Gasteiger partial charge in [-0.25, -0.2) is 9.78 Å². The van der Waals surface area contributed by atoms with Crippen LogP contribution in [0.15, 0.2) is 6.07 Å². The van der Waals surface area contributed by atoms with Crippen LogP contribution in [0.2, 0.25) is 4.34 Å². The Bertz CT molecular complexity index is 650. The van der Waals surface area contributed by atoms with E-state index < -0.39 is 5.60 Å². The van der Waals surface area contributed by atoms with Crippen molar-refractivity contribution in [2.24, 2.45) is 0 Å². The van der Waals surface area contributed by atoms with Crippen LogP contribution in [0.25, 0.3) is 9.53 Å². The largest absolute Gasteiger partial charge is 0.444 e. The lowest BCUT2D eigenvalue weighted by Gasteiger charge is -2.32. The van der Waals surface area contributed by atoms with E-state index in [1.807, 2.05) is 26.8 Å². The van der Waals surface area contributed by atoms with Crippen LogP contribution in [0, 0.1) is 0 Å². The van der Waals surface area contributed by atoms with Crippen molar-refractivity contribution in [1.29, 1.82) is 0 Å². The Balaban J connectivity index is 1.61. The molecule has 1 aliphatic heterocycles. The standard InChI is InChI=1S/C15H19ClN2O2S2/c1-15(2,3)20-14(19)18-6-4-9(5-7-18)12-17-13-10(21-12)8-11(16)22-13/h8-9H,4-7H2,1-3H3. The Labute approximate surface area is 143 Å². The van der Waals surface area contributed by atoms with Gasteiger partial charge in [0.2, 0.25) is 0 Å². The quantitative estimate of drug-likeness (QED) is 0.710. The molecular formula is C15H19ClN2O2S2. The fourth-order valence-corrected chi connectivity index (χ4v) is 5.05. The summed E-state index contributed by atoms with van der Waals surface area (Å²) in [6.45, 7) is 7.14. The molecule has 1 saturated heterocycles. The molecule has 22 heavy (non-hydrogen) atoms. The van der Waals surface area contributed by atoms with Gasteiger partial charge in [-0.1, -0.05) is 11.6 Å². The number of aromatic nitrogens is 1. The van der Waals surface area contributed by atoms with Crippen LogP contribution in [-0.2, 0) is 4.74 Å². The maximum absolute atomic E-state index is 12.1. The number of hydrogen-bond donors (Lipinski definition) is 0. The van der Waals surface area contributed by atoms with Gasteiger partial charge in [-0.2, -0.15) is 0 Å². The molecule has 3 rings (SSSR count). The number of piperidine rings is 1. The molecule has 0 N–H and O–H groups in total. The van der Waals surface area contributed by atoms with Crippen LogP contribution in [-0.4, -0.2) is 34.7 Å². The van der Waals surface area contributed by atoms with Gasteiger partial charge in [0.15, 0.2) is 0 Å².